The van der Waals surface area contributed by atoms with Gasteiger partial charge in [-0.1, -0.05) is 6.07 Å². The van der Waals surface area contributed by atoms with Crippen LogP contribution in [0, 0.1) is 0 Å². The van der Waals surface area contributed by atoms with Gasteiger partial charge in [0.2, 0.25) is 0 Å². The Balaban J connectivity index is 2.22. The maximum Gasteiger partial charge on any atom is 0.258 e. The molecule has 1 aromatic carbocycles. The van der Waals surface area contributed by atoms with E-state index in [-0.39, 0.29) is 11.6 Å². The fourth-order valence-corrected chi connectivity index (χ4v) is 1.65. The van der Waals surface area contributed by atoms with E-state index in [4.69, 9.17) is 11.5 Å². The molecule has 1 heterocycles. The van der Waals surface area contributed by atoms with Crippen LogP contribution in [-0.4, -0.2) is 10.9 Å². The topological polar surface area (TPSA) is 94.0 Å². The minimum Gasteiger partial charge on any atom is -0.397 e. The number of nitrogen functional groups attached to an aromatic ring is 2. The van der Waals surface area contributed by atoms with Gasteiger partial charge in [-0.05, 0) is 40.2 Å². The second-order valence-electron chi connectivity index (χ2n) is 3.62. The predicted octanol–water partition coefficient (Wildman–Crippen LogP) is 2.26. The van der Waals surface area contributed by atoms with Crippen molar-refractivity contribution in [1.29, 1.82) is 0 Å². The number of nitrogens with one attached hydrogen (secondary N) is 1. The first-order valence-electron chi connectivity index (χ1n) is 5.15. The number of hydrogen-bond donors (Lipinski definition) is 3. The van der Waals surface area contributed by atoms with Crippen molar-refractivity contribution in [3.63, 3.8) is 0 Å². The van der Waals surface area contributed by atoms with E-state index in [0.717, 1.165) is 4.47 Å². The monoisotopic (exact) mass is 306 g/mol. The number of hydrogen-bond acceptors (Lipinski definition) is 4. The van der Waals surface area contributed by atoms with Gasteiger partial charge in [0, 0.05) is 10.7 Å². The Hall–Kier alpha value is -2.08. The van der Waals surface area contributed by atoms with Gasteiger partial charge in [-0.25, -0.2) is 4.98 Å². The van der Waals surface area contributed by atoms with Gasteiger partial charge in [0.05, 0.1) is 16.9 Å². The Labute approximate surface area is 112 Å². The van der Waals surface area contributed by atoms with E-state index in [0.29, 0.717) is 17.1 Å². The summed E-state index contributed by atoms with van der Waals surface area (Å²) >= 11 is 3.27. The molecule has 1 amide bonds. The van der Waals surface area contributed by atoms with Crippen LogP contribution in [-0.2, 0) is 0 Å². The number of rotatable bonds is 2. The van der Waals surface area contributed by atoms with Gasteiger partial charge in [-0.15, -0.1) is 0 Å². The second kappa shape index (κ2) is 5.05. The summed E-state index contributed by atoms with van der Waals surface area (Å²) in [5.41, 5.74) is 12.4. The number of nitrogens with two attached hydrogens (primary N) is 2. The molecular weight excluding hydrogens is 296 g/mol. The zero-order valence-electron chi connectivity index (χ0n) is 9.35. The highest BCUT2D eigenvalue weighted by Crippen LogP contribution is 2.20. The van der Waals surface area contributed by atoms with Crippen molar-refractivity contribution in [2.45, 2.75) is 0 Å². The van der Waals surface area contributed by atoms with Gasteiger partial charge in [-0.3, -0.25) is 4.79 Å². The third kappa shape index (κ3) is 2.60. The lowest BCUT2D eigenvalue weighted by molar-refractivity contribution is 0.102. The molecular formula is C12H11BrN4O. The number of nitrogens with zero attached hydrogens (tertiary/aromatic N) is 1. The average Bonchev–Trinajstić information content (AvgIpc) is 2.35. The first-order valence-corrected chi connectivity index (χ1v) is 5.94. The molecule has 1 aromatic heterocycles. The van der Waals surface area contributed by atoms with E-state index >= 15 is 0 Å². The highest BCUT2D eigenvalue weighted by Gasteiger charge is 2.11. The van der Waals surface area contributed by atoms with E-state index in [9.17, 15) is 4.79 Å². The van der Waals surface area contributed by atoms with E-state index in [2.05, 4.69) is 26.2 Å². The Bertz CT molecular complexity index is 583. The van der Waals surface area contributed by atoms with Gasteiger partial charge in [0.25, 0.3) is 5.91 Å². The summed E-state index contributed by atoms with van der Waals surface area (Å²) in [5.74, 6) is 0.111. The number of amides is 1. The largest absolute Gasteiger partial charge is 0.397 e. The van der Waals surface area contributed by atoms with E-state index in [1.165, 1.54) is 0 Å². The van der Waals surface area contributed by atoms with Crippen LogP contribution in [0.4, 0.5) is 17.2 Å². The molecule has 0 aliphatic rings. The molecule has 2 aromatic rings. The molecule has 0 saturated carbocycles. The molecule has 0 radical (unpaired) electrons. The molecule has 5 nitrogen and oxygen atoms in total. The van der Waals surface area contributed by atoms with Gasteiger partial charge < -0.3 is 16.8 Å². The van der Waals surface area contributed by atoms with Crippen molar-refractivity contribution in [3.05, 3.63) is 46.6 Å². The van der Waals surface area contributed by atoms with E-state index in [1.54, 1.807) is 36.5 Å². The Morgan fingerprint density at radius 2 is 2.00 bits per heavy atom. The van der Waals surface area contributed by atoms with Crippen LogP contribution in [0.2, 0.25) is 0 Å². The molecule has 0 atom stereocenters. The first-order chi connectivity index (χ1) is 8.58. The molecule has 18 heavy (non-hydrogen) atoms. The molecule has 0 aliphatic heterocycles. The van der Waals surface area contributed by atoms with Gasteiger partial charge in [0.1, 0.15) is 5.82 Å². The maximum atomic E-state index is 12.0. The Kier molecular flexibility index (Phi) is 3.47. The van der Waals surface area contributed by atoms with Crippen LogP contribution in [0.15, 0.2) is 41.0 Å². The quantitative estimate of drug-likeness (QED) is 0.742. The fraction of sp³-hybridized carbons (Fsp3) is 0. The summed E-state index contributed by atoms with van der Waals surface area (Å²) in [5, 5.41) is 2.65. The standard InChI is InChI=1S/C12H11BrN4O/c13-7-4-5-10(16-6-7)17-12(18)8-2-1-3-9(14)11(8)15/h1-6H,14-15H2,(H,16,17,18). The Morgan fingerprint density at radius 1 is 1.22 bits per heavy atom. The summed E-state index contributed by atoms with van der Waals surface area (Å²) < 4.78 is 0.837. The second-order valence-corrected chi connectivity index (χ2v) is 4.54. The van der Waals surface area contributed by atoms with Crippen LogP contribution >= 0.6 is 15.9 Å². The summed E-state index contributed by atoms with van der Waals surface area (Å²) in [4.78, 5) is 16.0. The molecule has 0 unspecified atom stereocenters. The lowest BCUT2D eigenvalue weighted by Crippen LogP contribution is -2.15. The minimum atomic E-state index is -0.338. The number of carbonyl (C=O) groups is 1. The first kappa shape index (κ1) is 12.4. The highest BCUT2D eigenvalue weighted by molar-refractivity contribution is 9.10. The van der Waals surface area contributed by atoms with Crippen molar-refractivity contribution >= 4 is 39.0 Å². The molecule has 5 N–H and O–H groups in total. The Morgan fingerprint density at radius 3 is 2.67 bits per heavy atom. The minimum absolute atomic E-state index is 0.270. The molecule has 0 saturated heterocycles. The van der Waals surface area contributed by atoms with Gasteiger partial charge in [0.15, 0.2) is 0 Å². The predicted molar refractivity (Wildman–Crippen MR) is 75.2 cm³/mol. The third-order valence-electron chi connectivity index (χ3n) is 2.35. The molecule has 0 fully saturated rings. The van der Waals surface area contributed by atoms with Crippen LogP contribution in [0.3, 0.4) is 0 Å². The normalized spacial score (nSPS) is 10.1. The van der Waals surface area contributed by atoms with Crippen LogP contribution in [0.5, 0.6) is 0 Å². The molecule has 2 rings (SSSR count). The zero-order chi connectivity index (χ0) is 13.1. The molecule has 92 valence electrons. The van der Waals surface area contributed by atoms with Gasteiger partial charge in [-0.2, -0.15) is 0 Å². The number of pyridine rings is 1. The van der Waals surface area contributed by atoms with Crippen molar-refractivity contribution in [2.75, 3.05) is 16.8 Å². The number of halogens is 1. The number of anilines is 3. The van der Waals surface area contributed by atoms with Crippen molar-refractivity contribution in [1.82, 2.24) is 4.98 Å². The van der Waals surface area contributed by atoms with Crippen LogP contribution in [0.1, 0.15) is 10.4 Å². The summed E-state index contributed by atoms with van der Waals surface area (Å²) in [6.07, 6.45) is 1.60. The highest BCUT2D eigenvalue weighted by atomic mass is 79.9. The van der Waals surface area contributed by atoms with Crippen molar-refractivity contribution in [2.24, 2.45) is 0 Å². The summed E-state index contributed by atoms with van der Waals surface area (Å²) in [7, 11) is 0. The van der Waals surface area contributed by atoms with Crippen molar-refractivity contribution < 1.29 is 4.79 Å². The number of carbonyl (C=O) groups excluding carboxylic acids is 1. The smallest absolute Gasteiger partial charge is 0.258 e. The summed E-state index contributed by atoms with van der Waals surface area (Å²) in [6.45, 7) is 0. The van der Waals surface area contributed by atoms with Crippen molar-refractivity contribution in [3.8, 4) is 0 Å². The number of benzene rings is 1. The van der Waals surface area contributed by atoms with E-state index in [1.807, 2.05) is 0 Å². The fourth-order valence-electron chi connectivity index (χ4n) is 1.41. The molecule has 0 aliphatic carbocycles. The lowest BCUT2D eigenvalue weighted by atomic mass is 10.1. The van der Waals surface area contributed by atoms with Crippen LogP contribution in [0.25, 0.3) is 0 Å². The molecule has 6 heteroatoms. The lowest BCUT2D eigenvalue weighted by Gasteiger charge is -2.08. The average molecular weight is 307 g/mol. The maximum absolute atomic E-state index is 12.0. The van der Waals surface area contributed by atoms with Gasteiger partial charge >= 0.3 is 0 Å². The summed E-state index contributed by atoms with van der Waals surface area (Å²) in [6, 6.07) is 8.40. The third-order valence-corrected chi connectivity index (χ3v) is 2.82. The molecule has 0 bridgehead atoms. The molecule has 0 spiro atoms. The number of para-hydroxylation sites is 1. The number of aromatic nitrogens is 1. The van der Waals surface area contributed by atoms with Crippen LogP contribution < -0.4 is 16.8 Å². The van der Waals surface area contributed by atoms with E-state index < -0.39 is 0 Å². The SMILES string of the molecule is Nc1cccc(C(=O)Nc2ccc(Br)cn2)c1N. The zero-order valence-corrected chi connectivity index (χ0v) is 10.9.